The summed E-state index contributed by atoms with van der Waals surface area (Å²) in [5, 5.41) is 3.88. The number of carbonyl (C=O) groups is 1. The Labute approximate surface area is 161 Å². The number of rotatable bonds is 5. The lowest BCUT2D eigenvalue weighted by Gasteiger charge is -2.33. The number of carbonyl (C=O) groups excluding carboxylic acids is 1. The third kappa shape index (κ3) is 3.99. The van der Waals surface area contributed by atoms with E-state index in [1.807, 2.05) is 13.8 Å². The van der Waals surface area contributed by atoms with E-state index in [1.54, 1.807) is 11.8 Å². The predicted octanol–water partition coefficient (Wildman–Crippen LogP) is 0.815. The van der Waals surface area contributed by atoms with Crippen LogP contribution in [0.25, 0.3) is 0 Å². The van der Waals surface area contributed by atoms with Crippen LogP contribution < -0.4 is 4.87 Å². The second-order valence-corrected chi connectivity index (χ2v) is 9.63. The molecule has 0 bridgehead atoms. The van der Waals surface area contributed by atoms with E-state index in [4.69, 9.17) is 4.52 Å². The summed E-state index contributed by atoms with van der Waals surface area (Å²) in [6, 6.07) is 0. The summed E-state index contributed by atoms with van der Waals surface area (Å²) in [5.41, 5.74) is 2.09. The van der Waals surface area contributed by atoms with Gasteiger partial charge < -0.3 is 14.4 Å². The summed E-state index contributed by atoms with van der Waals surface area (Å²) in [4.78, 5) is 27.7. The monoisotopic (exact) mass is 414 g/mol. The second-order valence-electron chi connectivity index (χ2n) is 6.51. The normalized spacial score (nSPS) is 16.0. The minimum absolute atomic E-state index is 0.0190. The maximum atomic E-state index is 12.7. The first kappa shape index (κ1) is 19.8. The number of nitrogens with one attached hydrogen (secondary N) is 1. The van der Waals surface area contributed by atoms with Crippen molar-refractivity contribution in [1.29, 1.82) is 0 Å². The predicted molar refractivity (Wildman–Crippen MR) is 99.3 cm³/mol. The fraction of sp³-hybridized carbons (Fsp3) is 0.562. The van der Waals surface area contributed by atoms with Crippen molar-refractivity contribution in [2.75, 3.05) is 26.2 Å². The SMILES string of the molecule is Cc1noc(C)c1CCC(=O)N1CCN(S(=O)(=O)c2sc(=O)[nH]c2C)CC1. The molecule has 9 nitrogen and oxygen atoms in total. The highest BCUT2D eigenvalue weighted by molar-refractivity contribution is 7.91. The van der Waals surface area contributed by atoms with Crippen LogP contribution in [0.1, 0.15) is 29.1 Å². The molecule has 1 N–H and O–H groups in total. The highest BCUT2D eigenvalue weighted by Crippen LogP contribution is 2.22. The highest BCUT2D eigenvalue weighted by Gasteiger charge is 2.32. The molecule has 1 saturated heterocycles. The molecule has 11 heteroatoms. The molecule has 1 fully saturated rings. The van der Waals surface area contributed by atoms with Crippen LogP contribution >= 0.6 is 11.3 Å². The maximum absolute atomic E-state index is 12.7. The Morgan fingerprint density at radius 3 is 2.41 bits per heavy atom. The van der Waals surface area contributed by atoms with Crippen LogP contribution in [0.5, 0.6) is 0 Å². The van der Waals surface area contributed by atoms with Crippen LogP contribution in [0.4, 0.5) is 0 Å². The average molecular weight is 415 g/mol. The molecular formula is C16H22N4O5S2. The van der Waals surface area contributed by atoms with Crippen molar-refractivity contribution < 1.29 is 17.7 Å². The third-order valence-electron chi connectivity index (χ3n) is 4.72. The molecule has 0 unspecified atom stereocenters. The molecular weight excluding hydrogens is 392 g/mol. The van der Waals surface area contributed by atoms with Crippen molar-refractivity contribution in [1.82, 2.24) is 19.3 Å². The summed E-state index contributed by atoms with van der Waals surface area (Å²) < 4.78 is 31.9. The van der Waals surface area contributed by atoms with Crippen molar-refractivity contribution in [3.05, 3.63) is 32.4 Å². The first-order valence-corrected chi connectivity index (χ1v) is 10.8. The maximum Gasteiger partial charge on any atom is 0.305 e. The van der Waals surface area contributed by atoms with Crippen molar-refractivity contribution in [3.63, 3.8) is 0 Å². The number of thiazole rings is 1. The fourth-order valence-electron chi connectivity index (χ4n) is 3.18. The molecule has 0 spiro atoms. The van der Waals surface area contributed by atoms with Crippen molar-refractivity contribution in [2.24, 2.45) is 0 Å². The van der Waals surface area contributed by atoms with Gasteiger partial charge in [0.2, 0.25) is 5.91 Å². The number of aromatic nitrogens is 2. The van der Waals surface area contributed by atoms with Gasteiger partial charge in [0, 0.05) is 43.9 Å². The van der Waals surface area contributed by atoms with E-state index in [1.165, 1.54) is 4.31 Å². The van der Waals surface area contributed by atoms with Gasteiger partial charge in [-0.15, -0.1) is 0 Å². The van der Waals surface area contributed by atoms with Gasteiger partial charge in [0.25, 0.3) is 10.0 Å². The van der Waals surface area contributed by atoms with E-state index in [0.717, 1.165) is 17.0 Å². The number of nitrogens with zero attached hydrogens (tertiary/aromatic N) is 3. The zero-order valence-corrected chi connectivity index (χ0v) is 17.1. The second kappa shape index (κ2) is 7.56. The minimum Gasteiger partial charge on any atom is -0.361 e. The Balaban J connectivity index is 1.59. The van der Waals surface area contributed by atoms with Gasteiger partial charge in [-0.1, -0.05) is 16.5 Å². The van der Waals surface area contributed by atoms with Gasteiger partial charge >= 0.3 is 4.87 Å². The van der Waals surface area contributed by atoms with Gasteiger partial charge in [-0.2, -0.15) is 4.31 Å². The van der Waals surface area contributed by atoms with E-state index in [-0.39, 0.29) is 28.1 Å². The lowest BCUT2D eigenvalue weighted by atomic mass is 10.1. The van der Waals surface area contributed by atoms with Crippen LogP contribution in [0, 0.1) is 20.8 Å². The topological polar surface area (TPSA) is 117 Å². The number of hydrogen-bond donors (Lipinski definition) is 1. The number of piperazine rings is 1. The Bertz CT molecular complexity index is 977. The number of hydrogen-bond acceptors (Lipinski definition) is 7. The van der Waals surface area contributed by atoms with E-state index in [9.17, 15) is 18.0 Å². The largest absolute Gasteiger partial charge is 0.361 e. The summed E-state index contributed by atoms with van der Waals surface area (Å²) in [6.45, 7) is 6.32. The third-order valence-corrected chi connectivity index (χ3v) is 8.20. The van der Waals surface area contributed by atoms with E-state index < -0.39 is 10.0 Å². The molecule has 3 rings (SSSR count). The average Bonchev–Trinajstić information content (AvgIpc) is 3.14. The molecule has 0 atom stereocenters. The summed E-state index contributed by atoms with van der Waals surface area (Å²) >= 11 is 0.695. The number of aromatic amines is 1. The van der Waals surface area contributed by atoms with Gasteiger partial charge in [-0.25, -0.2) is 8.42 Å². The molecule has 1 amide bonds. The molecule has 27 heavy (non-hydrogen) atoms. The Morgan fingerprint density at radius 2 is 1.89 bits per heavy atom. The van der Waals surface area contributed by atoms with Crippen LogP contribution in [-0.2, 0) is 21.2 Å². The van der Waals surface area contributed by atoms with Crippen LogP contribution in [0.15, 0.2) is 13.5 Å². The molecule has 0 radical (unpaired) electrons. The molecule has 2 aromatic heterocycles. The first-order valence-electron chi connectivity index (χ1n) is 8.59. The van der Waals surface area contributed by atoms with Crippen molar-refractivity contribution >= 4 is 27.3 Å². The van der Waals surface area contributed by atoms with Gasteiger partial charge in [0.05, 0.1) is 5.69 Å². The molecule has 2 aromatic rings. The van der Waals surface area contributed by atoms with E-state index in [2.05, 4.69) is 10.1 Å². The van der Waals surface area contributed by atoms with E-state index in [0.29, 0.717) is 43.0 Å². The summed E-state index contributed by atoms with van der Waals surface area (Å²) in [6.07, 6.45) is 0.878. The van der Waals surface area contributed by atoms with Crippen LogP contribution in [0.2, 0.25) is 0 Å². The van der Waals surface area contributed by atoms with Crippen LogP contribution in [-0.4, -0.2) is 59.8 Å². The number of amides is 1. The lowest BCUT2D eigenvalue weighted by Crippen LogP contribution is -2.50. The van der Waals surface area contributed by atoms with E-state index >= 15 is 0 Å². The molecule has 0 aliphatic carbocycles. The summed E-state index contributed by atoms with van der Waals surface area (Å²) in [7, 11) is -3.72. The van der Waals surface area contributed by atoms with Gasteiger partial charge in [-0.3, -0.25) is 9.59 Å². The van der Waals surface area contributed by atoms with Crippen LogP contribution in [0.3, 0.4) is 0 Å². The standard InChI is InChI=1S/C16H22N4O5S2/c1-10-13(12(3)25-18-10)4-5-14(21)19-6-8-20(9-7-19)27(23,24)15-11(2)17-16(22)26-15/h4-9H2,1-3H3,(H,17,22). The smallest absolute Gasteiger partial charge is 0.305 e. The minimum atomic E-state index is -3.72. The van der Waals surface area contributed by atoms with Crippen molar-refractivity contribution in [3.8, 4) is 0 Å². The molecule has 3 heterocycles. The quantitative estimate of drug-likeness (QED) is 0.774. The molecule has 1 aliphatic rings. The Hall–Kier alpha value is -1.98. The van der Waals surface area contributed by atoms with Gasteiger partial charge in [0.15, 0.2) is 4.21 Å². The van der Waals surface area contributed by atoms with Gasteiger partial charge in [-0.05, 0) is 27.2 Å². The summed E-state index contributed by atoms with van der Waals surface area (Å²) in [5.74, 6) is 0.701. The number of H-pyrrole nitrogens is 1. The molecule has 1 aliphatic heterocycles. The zero-order chi connectivity index (χ0) is 19.8. The lowest BCUT2D eigenvalue weighted by molar-refractivity contribution is -0.132. The Kier molecular flexibility index (Phi) is 5.54. The molecule has 0 aromatic carbocycles. The molecule has 0 saturated carbocycles. The Morgan fingerprint density at radius 1 is 1.22 bits per heavy atom. The first-order chi connectivity index (χ1) is 12.7. The van der Waals surface area contributed by atoms with Gasteiger partial charge in [0.1, 0.15) is 5.76 Å². The highest BCUT2D eigenvalue weighted by atomic mass is 32.2. The number of sulfonamides is 1. The molecule has 148 valence electrons. The number of aryl methyl sites for hydroxylation is 3. The fourth-order valence-corrected chi connectivity index (χ4v) is 6.04. The van der Waals surface area contributed by atoms with Crippen molar-refractivity contribution in [2.45, 2.75) is 37.8 Å². The zero-order valence-electron chi connectivity index (χ0n) is 15.4.